The van der Waals surface area contributed by atoms with E-state index in [2.05, 4.69) is 10.1 Å². The van der Waals surface area contributed by atoms with Crippen molar-refractivity contribution in [1.82, 2.24) is 5.32 Å². The molecule has 0 fully saturated rings. The zero-order valence-corrected chi connectivity index (χ0v) is 16.6. The highest BCUT2D eigenvalue weighted by atomic mass is 32.2. The van der Waals surface area contributed by atoms with Crippen LogP contribution in [-0.2, 0) is 11.2 Å². The zero-order valence-electron chi connectivity index (χ0n) is 15.7. The Morgan fingerprint density at radius 1 is 1.07 bits per heavy atom. The van der Waals surface area contributed by atoms with Gasteiger partial charge in [0.15, 0.2) is 11.5 Å². The Morgan fingerprint density at radius 2 is 1.82 bits per heavy atom. The number of hydrogen-bond donors (Lipinski definition) is 1. The molecule has 0 atom stereocenters. The van der Waals surface area contributed by atoms with Crippen LogP contribution in [0.5, 0.6) is 17.2 Å². The average Bonchev–Trinajstić information content (AvgIpc) is 2.68. The molecule has 0 radical (unpaired) electrons. The van der Waals surface area contributed by atoms with Crippen molar-refractivity contribution in [3.8, 4) is 17.2 Å². The molecular formula is C20H23F2NO4S. The average molecular weight is 411 g/mol. The largest absolute Gasteiger partial charge is 0.497 e. The Hall–Kier alpha value is -2.48. The van der Waals surface area contributed by atoms with Crippen molar-refractivity contribution in [2.75, 3.05) is 26.5 Å². The normalized spacial score (nSPS) is 10.6. The number of nitrogens with one attached hydrogen (secondary N) is 1. The van der Waals surface area contributed by atoms with Gasteiger partial charge in [0.25, 0.3) is 0 Å². The molecule has 0 saturated heterocycles. The van der Waals surface area contributed by atoms with Gasteiger partial charge in [0.05, 0.1) is 14.2 Å². The van der Waals surface area contributed by atoms with Crippen LogP contribution in [0.2, 0.25) is 0 Å². The molecule has 2 aromatic rings. The summed E-state index contributed by atoms with van der Waals surface area (Å²) in [6.07, 6.45) is 0.889. The molecule has 2 rings (SSSR count). The molecule has 0 unspecified atom stereocenters. The molecule has 0 spiro atoms. The molecule has 152 valence electrons. The van der Waals surface area contributed by atoms with Crippen LogP contribution in [0.25, 0.3) is 0 Å². The van der Waals surface area contributed by atoms with E-state index in [0.717, 1.165) is 16.2 Å². The van der Waals surface area contributed by atoms with Gasteiger partial charge in [0.2, 0.25) is 5.91 Å². The first-order chi connectivity index (χ1) is 13.5. The van der Waals surface area contributed by atoms with Crippen LogP contribution in [0, 0.1) is 0 Å². The molecular weight excluding hydrogens is 388 g/mol. The van der Waals surface area contributed by atoms with E-state index in [4.69, 9.17) is 9.47 Å². The summed E-state index contributed by atoms with van der Waals surface area (Å²) in [6.45, 7) is -2.51. The van der Waals surface area contributed by atoms with E-state index in [1.54, 1.807) is 31.0 Å². The highest BCUT2D eigenvalue weighted by molar-refractivity contribution is 7.99. The van der Waals surface area contributed by atoms with Gasteiger partial charge in [0.1, 0.15) is 5.75 Å². The summed E-state index contributed by atoms with van der Waals surface area (Å²) in [7, 11) is 3.00. The number of thioether (sulfide) groups is 1. The predicted molar refractivity (Wildman–Crippen MR) is 105 cm³/mol. The molecule has 8 heteroatoms. The maximum atomic E-state index is 12.5. The third kappa shape index (κ3) is 7.26. The second kappa shape index (κ2) is 11.4. The lowest BCUT2D eigenvalue weighted by molar-refractivity contribution is -0.120. The van der Waals surface area contributed by atoms with Gasteiger partial charge in [-0.3, -0.25) is 4.79 Å². The summed E-state index contributed by atoms with van der Waals surface area (Å²) >= 11 is 1.59. The Kier molecular flexibility index (Phi) is 8.87. The molecule has 2 aromatic carbocycles. The summed E-state index contributed by atoms with van der Waals surface area (Å²) in [5.41, 5.74) is 0.768. The van der Waals surface area contributed by atoms with E-state index in [0.29, 0.717) is 25.1 Å². The highest BCUT2D eigenvalue weighted by Gasteiger charge is 2.11. The van der Waals surface area contributed by atoms with Crippen molar-refractivity contribution < 1.29 is 27.8 Å². The molecule has 5 nitrogen and oxygen atoms in total. The molecule has 1 amide bonds. The number of rotatable bonds is 11. The maximum absolute atomic E-state index is 12.5. The first kappa shape index (κ1) is 21.8. The summed E-state index contributed by atoms with van der Waals surface area (Å²) in [4.78, 5) is 13.0. The van der Waals surface area contributed by atoms with Gasteiger partial charge in [-0.05, 0) is 48.4 Å². The minimum Gasteiger partial charge on any atom is -0.497 e. The lowest BCUT2D eigenvalue weighted by Gasteiger charge is -2.12. The molecule has 0 bridgehead atoms. The van der Waals surface area contributed by atoms with Crippen LogP contribution in [-0.4, -0.2) is 39.0 Å². The number of benzene rings is 2. The van der Waals surface area contributed by atoms with Crippen LogP contribution in [0.15, 0.2) is 47.4 Å². The van der Waals surface area contributed by atoms with Crippen LogP contribution < -0.4 is 19.5 Å². The Labute approximate surface area is 167 Å². The number of methoxy groups -OCH3 is 2. The maximum Gasteiger partial charge on any atom is 0.387 e. The molecule has 0 aromatic heterocycles. The first-order valence-corrected chi connectivity index (χ1v) is 9.65. The SMILES string of the molecule is COc1ccc(SCCC(=O)NCCc2ccc(OC)c(OC(F)F)c2)cc1. The fourth-order valence-corrected chi connectivity index (χ4v) is 3.28. The molecule has 0 aliphatic heterocycles. The van der Waals surface area contributed by atoms with Crippen molar-refractivity contribution >= 4 is 17.7 Å². The molecule has 0 heterocycles. The number of ether oxygens (including phenoxy) is 3. The van der Waals surface area contributed by atoms with Gasteiger partial charge in [-0.25, -0.2) is 0 Å². The van der Waals surface area contributed by atoms with Crippen LogP contribution in [0.1, 0.15) is 12.0 Å². The summed E-state index contributed by atoms with van der Waals surface area (Å²) in [5.74, 6) is 1.62. The molecule has 0 saturated carbocycles. The van der Waals surface area contributed by atoms with Gasteiger partial charge in [-0.2, -0.15) is 8.78 Å². The summed E-state index contributed by atoms with van der Waals surface area (Å²) < 4.78 is 39.5. The second-order valence-electron chi connectivity index (χ2n) is 5.74. The number of hydrogen-bond acceptors (Lipinski definition) is 5. The van der Waals surface area contributed by atoms with E-state index >= 15 is 0 Å². The van der Waals surface area contributed by atoms with Crippen LogP contribution >= 0.6 is 11.8 Å². The van der Waals surface area contributed by atoms with Crippen molar-refractivity contribution in [3.05, 3.63) is 48.0 Å². The van der Waals surface area contributed by atoms with E-state index in [9.17, 15) is 13.6 Å². The third-order valence-electron chi connectivity index (χ3n) is 3.84. The molecule has 0 aliphatic rings. The van der Waals surface area contributed by atoms with E-state index in [-0.39, 0.29) is 17.4 Å². The third-order valence-corrected chi connectivity index (χ3v) is 4.85. The number of amides is 1. The fraction of sp³-hybridized carbons (Fsp3) is 0.350. The quantitative estimate of drug-likeness (QED) is 0.563. The highest BCUT2D eigenvalue weighted by Crippen LogP contribution is 2.29. The Morgan fingerprint density at radius 3 is 2.46 bits per heavy atom. The number of carbonyl (C=O) groups excluding carboxylic acids is 1. The van der Waals surface area contributed by atoms with Gasteiger partial charge in [0, 0.05) is 23.6 Å². The lowest BCUT2D eigenvalue weighted by atomic mass is 10.1. The fourth-order valence-electron chi connectivity index (χ4n) is 2.43. The predicted octanol–water partition coefficient (Wildman–Crippen LogP) is 4.15. The second-order valence-corrected chi connectivity index (χ2v) is 6.91. The molecule has 0 aliphatic carbocycles. The van der Waals surface area contributed by atoms with Crippen molar-refractivity contribution in [2.24, 2.45) is 0 Å². The van der Waals surface area contributed by atoms with Gasteiger partial charge < -0.3 is 19.5 Å². The smallest absolute Gasteiger partial charge is 0.387 e. The molecule has 28 heavy (non-hydrogen) atoms. The van der Waals surface area contributed by atoms with Gasteiger partial charge >= 0.3 is 6.61 Å². The lowest BCUT2D eigenvalue weighted by Crippen LogP contribution is -2.25. The zero-order chi connectivity index (χ0) is 20.4. The van der Waals surface area contributed by atoms with Crippen molar-refractivity contribution in [2.45, 2.75) is 24.3 Å². The van der Waals surface area contributed by atoms with E-state index in [1.807, 2.05) is 24.3 Å². The van der Waals surface area contributed by atoms with Crippen molar-refractivity contribution in [1.29, 1.82) is 0 Å². The van der Waals surface area contributed by atoms with Gasteiger partial charge in [-0.1, -0.05) is 6.07 Å². The van der Waals surface area contributed by atoms with E-state index < -0.39 is 6.61 Å². The summed E-state index contributed by atoms with van der Waals surface area (Å²) in [5, 5.41) is 2.83. The Bertz CT molecular complexity index is 756. The number of alkyl halides is 2. The molecule has 1 N–H and O–H groups in total. The monoisotopic (exact) mass is 411 g/mol. The first-order valence-electron chi connectivity index (χ1n) is 8.67. The van der Waals surface area contributed by atoms with Crippen LogP contribution in [0.3, 0.4) is 0 Å². The summed E-state index contributed by atoms with van der Waals surface area (Å²) in [6, 6.07) is 12.5. The minimum absolute atomic E-state index is 0.0165. The number of carbonyl (C=O) groups is 1. The van der Waals surface area contributed by atoms with Crippen molar-refractivity contribution in [3.63, 3.8) is 0 Å². The van der Waals surface area contributed by atoms with E-state index in [1.165, 1.54) is 13.2 Å². The van der Waals surface area contributed by atoms with Gasteiger partial charge in [-0.15, -0.1) is 11.8 Å². The minimum atomic E-state index is -2.92. The van der Waals surface area contributed by atoms with Crippen LogP contribution in [0.4, 0.5) is 8.78 Å². The standard InChI is InChI=1S/C20H23F2NO4S/c1-25-15-4-6-16(7-5-15)28-12-10-19(24)23-11-9-14-3-8-17(26-2)18(13-14)27-20(21)22/h3-8,13,20H,9-12H2,1-2H3,(H,23,24). The number of halogens is 2. The Balaban J connectivity index is 1.72. The topological polar surface area (TPSA) is 56.8 Å².